The molecule has 0 aromatic heterocycles. The average Bonchev–Trinajstić information content (AvgIpc) is 2.88. The monoisotopic (exact) mass is 533 g/mol. The van der Waals surface area contributed by atoms with Gasteiger partial charge in [-0.15, -0.1) is 0 Å². The third-order valence-corrected chi connectivity index (χ3v) is 7.38. The molecule has 0 radical (unpaired) electrons. The molecule has 11 heteroatoms. The molecular formula is C26H26F3N3O4S. The molecule has 1 aliphatic rings. The lowest BCUT2D eigenvalue weighted by atomic mass is 10.1. The SMILES string of the molecule is Cc1cc(S(=O)(=O)Nc2ccccc2)ccc1OCC(=O)N1CCN(c2cccc(C(F)(F)F)c2)CC1. The summed E-state index contributed by atoms with van der Waals surface area (Å²) < 4.78 is 72.5. The van der Waals surface area contributed by atoms with Crippen molar-refractivity contribution in [2.24, 2.45) is 0 Å². The lowest BCUT2D eigenvalue weighted by Crippen LogP contribution is -2.50. The molecule has 37 heavy (non-hydrogen) atoms. The van der Waals surface area contributed by atoms with Crippen LogP contribution in [0, 0.1) is 6.92 Å². The van der Waals surface area contributed by atoms with Crippen LogP contribution in [0.25, 0.3) is 0 Å². The number of hydrogen-bond donors (Lipinski definition) is 1. The molecule has 1 heterocycles. The summed E-state index contributed by atoms with van der Waals surface area (Å²) in [6, 6.07) is 18.1. The van der Waals surface area contributed by atoms with Crippen LogP contribution < -0.4 is 14.4 Å². The highest BCUT2D eigenvalue weighted by Gasteiger charge is 2.31. The van der Waals surface area contributed by atoms with Crippen molar-refractivity contribution in [3.8, 4) is 5.75 Å². The first-order valence-electron chi connectivity index (χ1n) is 11.5. The van der Waals surface area contributed by atoms with Crippen LogP contribution in [0.15, 0.2) is 77.7 Å². The van der Waals surface area contributed by atoms with Gasteiger partial charge in [0.05, 0.1) is 10.5 Å². The smallest absolute Gasteiger partial charge is 0.416 e. The first-order valence-corrected chi connectivity index (χ1v) is 13.0. The van der Waals surface area contributed by atoms with Crippen molar-refractivity contribution in [3.63, 3.8) is 0 Å². The molecule has 0 aliphatic carbocycles. The van der Waals surface area contributed by atoms with Crippen LogP contribution in [-0.2, 0) is 21.0 Å². The van der Waals surface area contributed by atoms with Crippen molar-refractivity contribution < 1.29 is 31.1 Å². The van der Waals surface area contributed by atoms with Crippen LogP contribution in [0.1, 0.15) is 11.1 Å². The number of benzene rings is 3. The van der Waals surface area contributed by atoms with E-state index >= 15 is 0 Å². The second-order valence-electron chi connectivity index (χ2n) is 8.60. The topological polar surface area (TPSA) is 78.9 Å². The number of carbonyl (C=O) groups is 1. The summed E-state index contributed by atoms with van der Waals surface area (Å²) in [6.07, 6.45) is -4.41. The zero-order valence-corrected chi connectivity index (χ0v) is 20.8. The van der Waals surface area contributed by atoms with Gasteiger partial charge in [-0.2, -0.15) is 13.2 Å². The highest BCUT2D eigenvalue weighted by atomic mass is 32.2. The van der Waals surface area contributed by atoms with Crippen molar-refractivity contribution in [2.75, 3.05) is 42.4 Å². The van der Waals surface area contributed by atoms with Crippen molar-refractivity contribution in [3.05, 3.63) is 83.9 Å². The van der Waals surface area contributed by atoms with Gasteiger partial charge in [-0.05, 0) is 61.0 Å². The molecule has 0 atom stereocenters. The van der Waals surface area contributed by atoms with Gasteiger partial charge < -0.3 is 14.5 Å². The number of carbonyl (C=O) groups excluding carboxylic acids is 1. The number of nitrogens with one attached hydrogen (secondary N) is 1. The number of sulfonamides is 1. The maximum Gasteiger partial charge on any atom is 0.416 e. The Morgan fingerprint density at radius 3 is 2.30 bits per heavy atom. The molecule has 4 rings (SSSR count). The first kappa shape index (κ1) is 26.3. The van der Waals surface area contributed by atoms with Gasteiger partial charge in [-0.3, -0.25) is 9.52 Å². The minimum Gasteiger partial charge on any atom is -0.483 e. The van der Waals surface area contributed by atoms with Crippen LogP contribution in [0.5, 0.6) is 5.75 Å². The third kappa shape index (κ3) is 6.53. The molecule has 1 aliphatic heterocycles. The summed E-state index contributed by atoms with van der Waals surface area (Å²) >= 11 is 0. The van der Waals surface area contributed by atoms with Gasteiger partial charge in [0.15, 0.2) is 6.61 Å². The van der Waals surface area contributed by atoms with E-state index in [1.807, 2.05) is 4.90 Å². The molecule has 1 fully saturated rings. The van der Waals surface area contributed by atoms with Gasteiger partial charge in [0.2, 0.25) is 0 Å². The summed E-state index contributed by atoms with van der Waals surface area (Å²) in [5.41, 5.74) is 0.755. The number of halogens is 3. The number of alkyl halides is 3. The normalized spacial score (nSPS) is 14.4. The van der Waals surface area contributed by atoms with Crippen LogP contribution in [0.4, 0.5) is 24.5 Å². The Morgan fingerprint density at radius 1 is 0.946 bits per heavy atom. The van der Waals surface area contributed by atoms with Gasteiger partial charge in [-0.25, -0.2) is 8.42 Å². The number of hydrogen-bond acceptors (Lipinski definition) is 5. The molecule has 3 aromatic carbocycles. The Hall–Kier alpha value is -3.73. The number of nitrogens with zero attached hydrogens (tertiary/aromatic N) is 2. The van der Waals surface area contributed by atoms with E-state index in [1.165, 1.54) is 24.3 Å². The Balaban J connectivity index is 1.31. The van der Waals surface area contributed by atoms with Crippen LogP contribution in [-0.4, -0.2) is 52.0 Å². The number of amides is 1. The van der Waals surface area contributed by atoms with E-state index in [1.54, 1.807) is 48.2 Å². The predicted molar refractivity (Wildman–Crippen MR) is 134 cm³/mol. The van der Waals surface area contributed by atoms with E-state index in [-0.39, 0.29) is 17.4 Å². The maximum atomic E-state index is 13.0. The summed E-state index contributed by atoms with van der Waals surface area (Å²) in [5.74, 6) is 0.125. The third-order valence-electron chi connectivity index (χ3n) is 6.00. The van der Waals surface area contributed by atoms with Crippen molar-refractivity contribution in [2.45, 2.75) is 18.0 Å². The molecule has 1 amide bonds. The number of para-hydroxylation sites is 1. The lowest BCUT2D eigenvalue weighted by molar-refractivity contribution is -0.137. The highest BCUT2D eigenvalue weighted by Crippen LogP contribution is 2.32. The van der Waals surface area contributed by atoms with Crippen molar-refractivity contribution in [1.29, 1.82) is 0 Å². The Kier molecular flexibility index (Phi) is 7.63. The summed E-state index contributed by atoms with van der Waals surface area (Å²) in [4.78, 5) is 16.1. The molecule has 0 spiro atoms. The van der Waals surface area contributed by atoms with E-state index in [0.29, 0.717) is 48.9 Å². The minimum absolute atomic E-state index is 0.0678. The zero-order chi connectivity index (χ0) is 26.6. The first-order chi connectivity index (χ1) is 17.5. The Morgan fingerprint density at radius 2 is 1.65 bits per heavy atom. The van der Waals surface area contributed by atoms with E-state index < -0.39 is 21.8 Å². The number of ether oxygens (including phenoxy) is 1. The largest absolute Gasteiger partial charge is 0.483 e. The van der Waals surface area contributed by atoms with Gasteiger partial charge in [0, 0.05) is 37.6 Å². The second-order valence-corrected chi connectivity index (χ2v) is 10.3. The fourth-order valence-electron chi connectivity index (χ4n) is 4.00. The number of piperazine rings is 1. The average molecular weight is 534 g/mol. The summed E-state index contributed by atoms with van der Waals surface area (Å²) in [7, 11) is -3.79. The number of aryl methyl sites for hydroxylation is 1. The Labute approximate surface area is 213 Å². The summed E-state index contributed by atoms with van der Waals surface area (Å²) in [6.45, 7) is 2.94. The van der Waals surface area contributed by atoms with E-state index in [4.69, 9.17) is 4.74 Å². The molecule has 0 unspecified atom stereocenters. The molecule has 1 N–H and O–H groups in total. The summed E-state index contributed by atoms with van der Waals surface area (Å²) in [5, 5.41) is 0. The van der Waals surface area contributed by atoms with Crippen molar-refractivity contribution >= 4 is 27.3 Å². The highest BCUT2D eigenvalue weighted by molar-refractivity contribution is 7.92. The number of rotatable bonds is 7. The van der Waals surface area contributed by atoms with Gasteiger partial charge in [-0.1, -0.05) is 24.3 Å². The predicted octanol–water partition coefficient (Wildman–Crippen LogP) is 4.54. The van der Waals surface area contributed by atoms with Gasteiger partial charge in [0.25, 0.3) is 15.9 Å². The minimum atomic E-state index is -4.41. The molecule has 196 valence electrons. The van der Waals surface area contributed by atoms with Gasteiger partial charge in [0.1, 0.15) is 5.75 Å². The Bertz CT molecular complexity index is 1360. The number of anilines is 2. The molecule has 1 saturated heterocycles. The maximum absolute atomic E-state index is 13.0. The van der Waals surface area contributed by atoms with Crippen LogP contribution in [0.2, 0.25) is 0 Å². The molecule has 7 nitrogen and oxygen atoms in total. The van der Waals surface area contributed by atoms with E-state index in [2.05, 4.69) is 4.72 Å². The zero-order valence-electron chi connectivity index (χ0n) is 20.0. The quantitative estimate of drug-likeness (QED) is 0.483. The molecule has 0 bridgehead atoms. The standard InChI is InChI=1S/C26H26F3N3O4S/c1-19-16-23(37(34,35)30-21-7-3-2-4-8-21)10-11-24(19)36-18-25(33)32-14-12-31(13-15-32)22-9-5-6-20(17-22)26(27,28)29/h2-11,16-17,30H,12-15,18H2,1H3. The van der Waals surface area contributed by atoms with Crippen molar-refractivity contribution in [1.82, 2.24) is 4.90 Å². The molecule has 0 saturated carbocycles. The van der Waals surface area contributed by atoms with E-state index in [9.17, 15) is 26.4 Å². The fraction of sp³-hybridized carbons (Fsp3) is 0.269. The van der Waals surface area contributed by atoms with Crippen LogP contribution >= 0.6 is 0 Å². The van der Waals surface area contributed by atoms with Gasteiger partial charge >= 0.3 is 6.18 Å². The fourth-order valence-corrected chi connectivity index (χ4v) is 5.14. The van der Waals surface area contributed by atoms with E-state index in [0.717, 1.165) is 12.1 Å². The molecule has 3 aromatic rings. The van der Waals surface area contributed by atoms with Crippen LogP contribution in [0.3, 0.4) is 0 Å². The second kappa shape index (κ2) is 10.7. The molecular weight excluding hydrogens is 507 g/mol. The lowest BCUT2D eigenvalue weighted by Gasteiger charge is -2.36.